The van der Waals surface area contributed by atoms with E-state index in [-0.39, 0.29) is 18.1 Å². The number of carbonyl (C=O) groups excluding carboxylic acids is 1. The van der Waals surface area contributed by atoms with Gasteiger partial charge in [0.25, 0.3) is 0 Å². The van der Waals surface area contributed by atoms with Crippen molar-refractivity contribution in [3.63, 3.8) is 0 Å². The van der Waals surface area contributed by atoms with Crippen LogP contribution in [0.5, 0.6) is 0 Å². The Balaban J connectivity index is 2.51. The molecule has 1 N–H and O–H groups in total. The van der Waals surface area contributed by atoms with E-state index >= 15 is 0 Å². The number of hydrogen-bond donors (Lipinski definition) is 1. The van der Waals surface area contributed by atoms with Crippen molar-refractivity contribution in [3.8, 4) is 0 Å². The highest BCUT2D eigenvalue weighted by Crippen LogP contribution is 2.33. The zero-order valence-corrected chi connectivity index (χ0v) is 13.0. The van der Waals surface area contributed by atoms with E-state index in [1.165, 1.54) is 23.1 Å². The van der Waals surface area contributed by atoms with Crippen LogP contribution in [-0.4, -0.2) is 41.1 Å². The molecule has 5 nitrogen and oxygen atoms in total. The Morgan fingerprint density at radius 3 is 2.90 bits per heavy atom. The number of carboxylic acid groups (broad SMARTS) is 1. The molecule has 1 aromatic carbocycles. The molecular formula is C14H15BrFNO4. The number of benzene rings is 1. The van der Waals surface area contributed by atoms with Gasteiger partial charge in [-0.2, -0.15) is 0 Å². The van der Waals surface area contributed by atoms with Crippen molar-refractivity contribution in [3.05, 3.63) is 34.1 Å². The summed E-state index contributed by atoms with van der Waals surface area (Å²) in [5, 5.41) is 9.31. The van der Waals surface area contributed by atoms with E-state index in [4.69, 9.17) is 4.74 Å². The summed E-state index contributed by atoms with van der Waals surface area (Å²) in [4.78, 5) is 24.8. The number of morpholine rings is 1. The van der Waals surface area contributed by atoms with Crippen molar-refractivity contribution < 1.29 is 23.8 Å². The van der Waals surface area contributed by atoms with Crippen LogP contribution in [0, 0.1) is 5.82 Å². The van der Waals surface area contributed by atoms with Crippen LogP contribution in [0.15, 0.2) is 22.7 Å². The van der Waals surface area contributed by atoms with Crippen molar-refractivity contribution in [2.45, 2.75) is 25.5 Å². The number of ether oxygens (including phenoxy) is 1. The fourth-order valence-corrected chi connectivity index (χ4v) is 2.82. The largest absolute Gasteiger partial charge is 0.479 e. The molecule has 0 bridgehead atoms. The highest BCUT2D eigenvalue weighted by Gasteiger charge is 2.42. The third-order valence-corrected chi connectivity index (χ3v) is 3.81. The quantitative estimate of drug-likeness (QED) is 0.895. The van der Waals surface area contributed by atoms with Gasteiger partial charge in [-0.05, 0) is 24.6 Å². The molecule has 2 atom stereocenters. The van der Waals surface area contributed by atoms with E-state index < -0.39 is 23.9 Å². The predicted molar refractivity (Wildman–Crippen MR) is 76.2 cm³/mol. The van der Waals surface area contributed by atoms with Gasteiger partial charge in [-0.3, -0.25) is 4.79 Å². The average Bonchev–Trinajstić information content (AvgIpc) is 2.43. The van der Waals surface area contributed by atoms with Crippen LogP contribution in [0.4, 0.5) is 4.39 Å². The molecule has 1 amide bonds. The average molecular weight is 360 g/mol. The zero-order valence-electron chi connectivity index (χ0n) is 11.4. The zero-order chi connectivity index (χ0) is 15.6. The lowest BCUT2D eigenvalue weighted by molar-refractivity contribution is -0.173. The maximum absolute atomic E-state index is 14.1. The molecule has 0 saturated carbocycles. The number of carbonyl (C=O) groups is 2. The third kappa shape index (κ3) is 3.24. The molecule has 114 valence electrons. The monoisotopic (exact) mass is 359 g/mol. The van der Waals surface area contributed by atoms with Gasteiger partial charge >= 0.3 is 5.97 Å². The maximum Gasteiger partial charge on any atom is 0.335 e. The summed E-state index contributed by atoms with van der Waals surface area (Å²) in [6.45, 7) is 1.92. The summed E-state index contributed by atoms with van der Waals surface area (Å²) in [6, 6.07) is 3.27. The number of carboxylic acids is 1. The van der Waals surface area contributed by atoms with Crippen molar-refractivity contribution in [2.24, 2.45) is 0 Å². The maximum atomic E-state index is 14.1. The van der Waals surface area contributed by atoms with Gasteiger partial charge in [-0.15, -0.1) is 0 Å². The van der Waals surface area contributed by atoms with Gasteiger partial charge in [-0.25, -0.2) is 9.18 Å². The second-order valence-corrected chi connectivity index (χ2v) is 5.68. The first-order valence-electron chi connectivity index (χ1n) is 6.54. The number of hydrogen-bond acceptors (Lipinski definition) is 3. The van der Waals surface area contributed by atoms with Crippen LogP contribution >= 0.6 is 15.9 Å². The van der Waals surface area contributed by atoms with Crippen molar-refractivity contribution in [1.29, 1.82) is 0 Å². The van der Waals surface area contributed by atoms with Gasteiger partial charge in [0.05, 0.1) is 6.04 Å². The molecule has 1 aromatic rings. The lowest BCUT2D eigenvalue weighted by Gasteiger charge is -2.39. The molecule has 1 saturated heterocycles. The van der Waals surface area contributed by atoms with Crippen LogP contribution < -0.4 is 0 Å². The lowest BCUT2D eigenvalue weighted by atomic mass is 9.97. The van der Waals surface area contributed by atoms with Crippen LogP contribution in [-0.2, 0) is 14.3 Å². The van der Waals surface area contributed by atoms with Gasteiger partial charge in [0.1, 0.15) is 12.4 Å². The molecule has 0 aliphatic carbocycles. The Bertz CT molecular complexity index is 566. The first-order valence-corrected chi connectivity index (χ1v) is 7.33. The van der Waals surface area contributed by atoms with Crippen LogP contribution in [0.1, 0.15) is 24.9 Å². The van der Waals surface area contributed by atoms with Crippen LogP contribution in [0.2, 0.25) is 0 Å². The third-order valence-electron chi connectivity index (χ3n) is 3.31. The number of rotatable bonds is 4. The summed E-state index contributed by atoms with van der Waals surface area (Å²) in [5.41, 5.74) is 0.137. The fraction of sp³-hybridized carbons (Fsp3) is 0.429. The fourth-order valence-electron chi connectivity index (χ4n) is 2.44. The molecular weight excluding hydrogens is 345 g/mol. The van der Waals surface area contributed by atoms with E-state index in [0.717, 1.165) is 0 Å². The van der Waals surface area contributed by atoms with Crippen molar-refractivity contribution >= 4 is 27.8 Å². The van der Waals surface area contributed by atoms with E-state index in [1.807, 2.05) is 6.92 Å². The van der Waals surface area contributed by atoms with Gasteiger partial charge < -0.3 is 14.7 Å². The summed E-state index contributed by atoms with van der Waals surface area (Å²) in [7, 11) is 0. The summed E-state index contributed by atoms with van der Waals surface area (Å²) < 4.78 is 19.9. The van der Waals surface area contributed by atoms with E-state index in [2.05, 4.69) is 15.9 Å². The Kier molecular flexibility index (Phi) is 4.95. The second-order valence-electron chi connectivity index (χ2n) is 4.77. The molecule has 21 heavy (non-hydrogen) atoms. The van der Waals surface area contributed by atoms with Gasteiger partial charge in [-0.1, -0.05) is 22.9 Å². The van der Waals surface area contributed by atoms with Gasteiger partial charge in [0.2, 0.25) is 5.91 Å². The van der Waals surface area contributed by atoms with Gasteiger partial charge in [0.15, 0.2) is 6.10 Å². The normalized spacial score (nSPS) is 22.4. The Labute approximate surface area is 129 Å². The van der Waals surface area contributed by atoms with Crippen molar-refractivity contribution in [1.82, 2.24) is 4.90 Å². The minimum atomic E-state index is -1.28. The smallest absolute Gasteiger partial charge is 0.335 e. The number of amides is 1. The van der Waals surface area contributed by atoms with E-state index in [1.54, 1.807) is 0 Å². The lowest BCUT2D eigenvalue weighted by Crippen LogP contribution is -2.52. The number of halogens is 2. The molecule has 7 heteroatoms. The van der Waals surface area contributed by atoms with Crippen molar-refractivity contribution in [2.75, 3.05) is 13.2 Å². The molecule has 2 unspecified atom stereocenters. The molecule has 1 fully saturated rings. The highest BCUT2D eigenvalue weighted by molar-refractivity contribution is 9.10. The molecule has 2 rings (SSSR count). The topological polar surface area (TPSA) is 66.8 Å². The Morgan fingerprint density at radius 1 is 1.57 bits per heavy atom. The number of aliphatic carboxylic acids is 1. The standard InChI is InChI=1S/C14H15BrFNO4/c1-2-5-17-11(18)7-21-13(14(19)20)12(17)9-6-8(15)3-4-10(9)16/h3-4,6,12-13H,2,5,7H2,1H3,(H,19,20). The SMILES string of the molecule is CCCN1C(=O)COC(C(=O)O)C1c1cc(Br)ccc1F. The molecule has 1 heterocycles. The highest BCUT2D eigenvalue weighted by atomic mass is 79.9. The molecule has 0 spiro atoms. The van der Waals surface area contributed by atoms with Crippen LogP contribution in [0.3, 0.4) is 0 Å². The molecule has 0 aromatic heterocycles. The number of nitrogens with zero attached hydrogens (tertiary/aromatic N) is 1. The minimum absolute atomic E-state index is 0.137. The summed E-state index contributed by atoms with van der Waals surface area (Å²) >= 11 is 3.24. The Morgan fingerprint density at radius 2 is 2.29 bits per heavy atom. The molecule has 1 aliphatic heterocycles. The summed E-state index contributed by atoms with van der Waals surface area (Å²) in [5.74, 6) is -2.11. The molecule has 0 radical (unpaired) electrons. The van der Waals surface area contributed by atoms with E-state index in [0.29, 0.717) is 17.4 Å². The molecule has 1 aliphatic rings. The summed E-state index contributed by atoms with van der Waals surface area (Å²) in [6.07, 6.45) is -0.637. The second kappa shape index (κ2) is 6.53. The first kappa shape index (κ1) is 15.9. The van der Waals surface area contributed by atoms with Crippen LogP contribution in [0.25, 0.3) is 0 Å². The predicted octanol–water partition coefficient (Wildman–Crippen LogP) is 2.35. The van der Waals surface area contributed by atoms with Gasteiger partial charge in [0, 0.05) is 16.6 Å². The minimum Gasteiger partial charge on any atom is -0.479 e. The van der Waals surface area contributed by atoms with E-state index in [9.17, 15) is 19.1 Å². The first-order chi connectivity index (χ1) is 9.95. The Hall–Kier alpha value is -1.47.